The van der Waals surface area contributed by atoms with E-state index < -0.39 is 85.0 Å². The molecule has 3 aliphatic rings. The second kappa shape index (κ2) is 12.7. The van der Waals surface area contributed by atoms with Gasteiger partial charge in [-0.15, -0.1) is 0 Å². The molecule has 0 amide bonds. The summed E-state index contributed by atoms with van der Waals surface area (Å²) in [4.78, 5) is 25.8. The summed E-state index contributed by atoms with van der Waals surface area (Å²) >= 11 is 0. The van der Waals surface area contributed by atoms with Crippen LogP contribution in [0.5, 0.6) is 23.0 Å². The number of phenols is 3. The van der Waals surface area contributed by atoms with Gasteiger partial charge in [-0.3, -0.25) is 9.59 Å². The van der Waals surface area contributed by atoms with Crippen molar-refractivity contribution < 1.29 is 74.5 Å². The fourth-order valence-corrected chi connectivity index (χ4v) is 6.32. The van der Waals surface area contributed by atoms with Gasteiger partial charge < -0.3 is 64.9 Å². The minimum Gasteiger partial charge on any atom is -0.507 e. The number of phenolic OH excluding ortho intramolecular Hbond substituents is 3. The van der Waals surface area contributed by atoms with E-state index in [0.717, 1.165) is 12.2 Å². The van der Waals surface area contributed by atoms with Gasteiger partial charge in [0.25, 0.3) is 0 Å². The molecule has 0 radical (unpaired) electrons. The van der Waals surface area contributed by atoms with Gasteiger partial charge in [-0.25, -0.2) is 0 Å². The Morgan fingerprint density at radius 2 is 1.38 bits per heavy atom. The van der Waals surface area contributed by atoms with E-state index in [1.165, 1.54) is 24.3 Å². The molecule has 0 bridgehead atoms. The lowest BCUT2D eigenvalue weighted by Gasteiger charge is -2.41. The first-order chi connectivity index (χ1) is 22.7. The fourth-order valence-electron chi connectivity index (χ4n) is 6.32. The molecular formula is C33H34O15. The van der Waals surface area contributed by atoms with Crippen LogP contribution in [-0.4, -0.2) is 126 Å². The predicted molar refractivity (Wildman–Crippen MR) is 163 cm³/mol. The highest BCUT2D eigenvalue weighted by Crippen LogP contribution is 2.49. The molecule has 2 saturated heterocycles. The van der Waals surface area contributed by atoms with Crippen LogP contribution in [0.2, 0.25) is 0 Å². The molecule has 9 N–H and O–H groups in total. The average molecular weight is 671 g/mol. The van der Waals surface area contributed by atoms with Crippen molar-refractivity contribution in [3.63, 3.8) is 0 Å². The molecule has 0 saturated carbocycles. The summed E-state index contributed by atoms with van der Waals surface area (Å²) in [5.74, 6) is -2.52. The van der Waals surface area contributed by atoms with Crippen LogP contribution in [0.25, 0.3) is 21.9 Å². The zero-order valence-electron chi connectivity index (χ0n) is 25.5. The molecule has 9 atom stereocenters. The molecular weight excluding hydrogens is 636 g/mol. The second-order valence-corrected chi connectivity index (χ2v) is 12.0. The number of aromatic hydroxyl groups is 3. The Hall–Kier alpha value is -4.16. The molecule has 0 unspecified atom stereocenters. The summed E-state index contributed by atoms with van der Waals surface area (Å²) in [5, 5.41) is 94.9. The van der Waals surface area contributed by atoms with Gasteiger partial charge in [0.1, 0.15) is 65.7 Å². The summed E-state index contributed by atoms with van der Waals surface area (Å²) in [7, 11) is 0. The number of hydrogen-bond acceptors (Lipinski definition) is 15. The first kappa shape index (κ1) is 33.7. The molecule has 0 aromatic heterocycles. The molecule has 256 valence electrons. The first-order valence-corrected chi connectivity index (χ1v) is 15.0. The van der Waals surface area contributed by atoms with Gasteiger partial charge in [0.15, 0.2) is 17.9 Å². The average Bonchev–Trinajstić information content (AvgIpc) is 3.04. The van der Waals surface area contributed by atoms with Crippen LogP contribution in [0.15, 0.2) is 36.4 Å². The van der Waals surface area contributed by atoms with Crippen molar-refractivity contribution in [1.82, 2.24) is 0 Å². The summed E-state index contributed by atoms with van der Waals surface area (Å²) in [5.41, 5.74) is 0.626. The number of benzene rings is 3. The maximum Gasteiger partial charge on any atom is 0.229 e. The number of aryl methyl sites for hydroxylation is 2. The van der Waals surface area contributed by atoms with Crippen molar-refractivity contribution in [2.45, 2.75) is 69.2 Å². The number of fused-ring (bicyclic) bond motifs is 2. The Balaban J connectivity index is 1.37. The normalized spacial score (nSPS) is 30.5. The van der Waals surface area contributed by atoms with Crippen LogP contribution < -0.4 is 4.74 Å². The SMILES string of the molecule is Cc1cc(O)c2c(c1-c1c(C)cc3c(O)ccc(O[C@@H]4O[C@H](CO[C@@H]5OC[C@@H](O)[C@H](O)[C@H]5O)[C@@H](O)[C@H](O)[C@H]4O)c3c1O)C(=O)C=CC2=O. The van der Waals surface area contributed by atoms with E-state index in [9.17, 15) is 55.5 Å². The minimum absolute atomic E-state index is 0.0911. The van der Waals surface area contributed by atoms with Crippen molar-refractivity contribution in [2.24, 2.45) is 0 Å². The zero-order valence-corrected chi connectivity index (χ0v) is 25.5. The molecule has 3 aromatic rings. The van der Waals surface area contributed by atoms with Gasteiger partial charge in [0.2, 0.25) is 6.29 Å². The van der Waals surface area contributed by atoms with Crippen LogP contribution in [-0.2, 0) is 14.2 Å². The molecule has 2 aliphatic heterocycles. The molecule has 0 spiro atoms. The van der Waals surface area contributed by atoms with Gasteiger partial charge >= 0.3 is 0 Å². The molecule has 15 nitrogen and oxygen atoms in total. The molecule has 2 fully saturated rings. The Labute approximate surface area is 272 Å². The van der Waals surface area contributed by atoms with Gasteiger partial charge in [-0.05, 0) is 61.4 Å². The van der Waals surface area contributed by atoms with Gasteiger partial charge in [-0.2, -0.15) is 0 Å². The number of rotatable bonds is 6. The Kier molecular flexibility index (Phi) is 8.93. The van der Waals surface area contributed by atoms with Gasteiger partial charge in [0.05, 0.1) is 24.2 Å². The van der Waals surface area contributed by atoms with E-state index >= 15 is 0 Å². The summed E-state index contributed by atoms with van der Waals surface area (Å²) in [6.45, 7) is 2.30. The van der Waals surface area contributed by atoms with E-state index in [2.05, 4.69) is 0 Å². The van der Waals surface area contributed by atoms with Crippen LogP contribution in [0.1, 0.15) is 31.8 Å². The molecule has 48 heavy (non-hydrogen) atoms. The van der Waals surface area contributed by atoms with E-state index in [1.54, 1.807) is 13.8 Å². The summed E-state index contributed by atoms with van der Waals surface area (Å²) in [6, 6.07) is 5.30. The van der Waals surface area contributed by atoms with Crippen molar-refractivity contribution >= 4 is 22.3 Å². The number of ketones is 2. The monoisotopic (exact) mass is 670 g/mol. The van der Waals surface area contributed by atoms with Gasteiger partial charge in [0, 0.05) is 22.1 Å². The molecule has 2 heterocycles. The third-order valence-electron chi connectivity index (χ3n) is 8.84. The minimum atomic E-state index is -1.84. The predicted octanol–water partition coefficient (Wildman–Crippen LogP) is -0.182. The molecule has 15 heteroatoms. The lowest BCUT2D eigenvalue weighted by Crippen LogP contribution is -2.61. The lowest BCUT2D eigenvalue weighted by molar-refractivity contribution is -0.307. The van der Waals surface area contributed by atoms with E-state index in [4.69, 9.17) is 18.9 Å². The van der Waals surface area contributed by atoms with Gasteiger partial charge in [-0.1, -0.05) is 0 Å². The van der Waals surface area contributed by atoms with Crippen LogP contribution in [0, 0.1) is 13.8 Å². The Morgan fingerprint density at radius 1 is 0.729 bits per heavy atom. The highest BCUT2D eigenvalue weighted by Gasteiger charge is 2.47. The van der Waals surface area contributed by atoms with Crippen LogP contribution in [0.4, 0.5) is 0 Å². The van der Waals surface area contributed by atoms with Crippen molar-refractivity contribution in [1.29, 1.82) is 0 Å². The highest BCUT2D eigenvalue weighted by atomic mass is 16.7. The maximum atomic E-state index is 13.1. The summed E-state index contributed by atoms with van der Waals surface area (Å²) < 4.78 is 22.3. The molecule has 6 rings (SSSR count). The van der Waals surface area contributed by atoms with Crippen LogP contribution >= 0.6 is 0 Å². The number of hydrogen-bond donors (Lipinski definition) is 9. The van der Waals surface area contributed by atoms with Crippen molar-refractivity contribution in [2.75, 3.05) is 13.2 Å². The quantitative estimate of drug-likeness (QED) is 0.165. The number of ether oxygens (including phenoxy) is 4. The van der Waals surface area contributed by atoms with E-state index in [-0.39, 0.29) is 51.1 Å². The van der Waals surface area contributed by atoms with Crippen LogP contribution in [0.3, 0.4) is 0 Å². The number of carbonyl (C=O) groups excluding carboxylic acids is 2. The third-order valence-corrected chi connectivity index (χ3v) is 8.84. The third kappa shape index (κ3) is 5.58. The topological polar surface area (TPSA) is 253 Å². The number of aliphatic hydroxyl groups excluding tert-OH is 6. The van der Waals surface area contributed by atoms with E-state index in [1.807, 2.05) is 0 Å². The zero-order chi connectivity index (χ0) is 34.8. The molecule has 3 aromatic carbocycles. The smallest absolute Gasteiger partial charge is 0.229 e. The Morgan fingerprint density at radius 3 is 2.08 bits per heavy atom. The molecule has 1 aliphatic carbocycles. The lowest BCUT2D eigenvalue weighted by atomic mass is 9.82. The first-order valence-electron chi connectivity index (χ1n) is 15.0. The number of aliphatic hydroxyl groups is 6. The summed E-state index contributed by atoms with van der Waals surface area (Å²) in [6.07, 6.45) is -12.4. The fraction of sp³-hybridized carbons (Fsp3) is 0.394. The maximum absolute atomic E-state index is 13.1. The van der Waals surface area contributed by atoms with E-state index in [0.29, 0.717) is 11.1 Å². The second-order valence-electron chi connectivity index (χ2n) is 12.0. The Bertz CT molecular complexity index is 1820. The standard InChI is InChI=1S/C33H34O15/c1-11-7-13-14(34)5-6-19(23(13)28(41)22(11)21-12(2)8-17(37)24-15(35)3-4-16(36)25(21)24)47-33-31(44)29(42)27(40)20(48-33)10-46-32-30(43)26(39)18(38)9-45-32/h3-8,18,20,26-27,29-34,37-44H,9-10H2,1-2H3/t18-,20-,26+,27-,29+,30-,31-,32+,33-/m1/s1. The highest BCUT2D eigenvalue weighted by molar-refractivity contribution is 6.26. The number of carbonyl (C=O) groups is 2. The number of allylic oxidation sites excluding steroid dienone is 2. The van der Waals surface area contributed by atoms with Crippen molar-refractivity contribution in [3.8, 4) is 34.1 Å². The largest absolute Gasteiger partial charge is 0.507 e. The van der Waals surface area contributed by atoms with Crippen molar-refractivity contribution in [3.05, 3.63) is 58.7 Å².